The first kappa shape index (κ1) is 14.5. The van der Waals surface area contributed by atoms with Gasteiger partial charge < -0.3 is 5.32 Å². The maximum atomic E-state index is 3.61. The molecule has 1 unspecified atom stereocenters. The van der Waals surface area contributed by atoms with E-state index in [0.29, 0.717) is 6.04 Å². The molecule has 1 N–H and O–H groups in total. The third-order valence-electron chi connectivity index (χ3n) is 2.77. The van der Waals surface area contributed by atoms with Crippen molar-refractivity contribution in [3.05, 3.63) is 53.7 Å². The van der Waals surface area contributed by atoms with Gasteiger partial charge in [-0.3, -0.25) is 0 Å². The molecule has 0 saturated carbocycles. The van der Waals surface area contributed by atoms with Crippen LogP contribution in [0.2, 0.25) is 0 Å². The number of halogens is 2. The van der Waals surface area contributed by atoms with Crippen LogP contribution in [0.15, 0.2) is 34.1 Å². The number of hydrogen-bond acceptors (Lipinski definition) is 2. The van der Waals surface area contributed by atoms with Crippen molar-refractivity contribution >= 4 is 49.9 Å². The first-order valence-corrected chi connectivity index (χ1v) is 8.55. The van der Waals surface area contributed by atoms with E-state index in [2.05, 4.69) is 88.0 Å². The van der Waals surface area contributed by atoms with E-state index in [1.165, 1.54) is 23.4 Å². The Bertz CT molecular complexity index is 502. The summed E-state index contributed by atoms with van der Waals surface area (Å²) in [6.07, 6.45) is 0. The van der Waals surface area contributed by atoms with Crippen LogP contribution in [0, 0.1) is 10.5 Å². The van der Waals surface area contributed by atoms with Gasteiger partial charge in [0.25, 0.3) is 0 Å². The molecule has 1 aromatic heterocycles. The van der Waals surface area contributed by atoms with Crippen LogP contribution in [0.1, 0.15) is 29.0 Å². The second kappa shape index (κ2) is 6.50. The smallest absolute Gasteiger partial charge is 0.0731 e. The first-order chi connectivity index (χ1) is 8.61. The summed E-state index contributed by atoms with van der Waals surface area (Å²) in [5.74, 6) is 0. The Kier molecular flexibility index (Phi) is 5.24. The van der Waals surface area contributed by atoms with E-state index in [0.717, 1.165) is 6.54 Å². The fraction of sp³-hybridized carbons (Fsp3) is 0.286. The molecule has 0 radical (unpaired) electrons. The molecule has 1 nitrogen and oxygen atoms in total. The Hall–Kier alpha value is 0.0900. The third kappa shape index (κ3) is 3.35. The minimum atomic E-state index is 0.294. The summed E-state index contributed by atoms with van der Waals surface area (Å²) in [6.45, 7) is 5.25. The van der Waals surface area contributed by atoms with Gasteiger partial charge in [0.05, 0.1) is 9.83 Å². The number of aryl methyl sites for hydroxylation is 1. The molecule has 18 heavy (non-hydrogen) atoms. The lowest BCUT2D eigenvalue weighted by atomic mass is 10.1. The van der Waals surface area contributed by atoms with Gasteiger partial charge in [0.1, 0.15) is 0 Å². The van der Waals surface area contributed by atoms with E-state index >= 15 is 0 Å². The molecule has 0 aliphatic rings. The van der Waals surface area contributed by atoms with Gasteiger partial charge in [0.15, 0.2) is 0 Å². The van der Waals surface area contributed by atoms with E-state index in [-0.39, 0.29) is 0 Å². The van der Waals surface area contributed by atoms with Gasteiger partial charge in [0.2, 0.25) is 0 Å². The molecule has 96 valence electrons. The Morgan fingerprint density at radius 2 is 2.00 bits per heavy atom. The van der Waals surface area contributed by atoms with Crippen molar-refractivity contribution < 1.29 is 0 Å². The predicted molar refractivity (Wildman–Crippen MR) is 91.4 cm³/mol. The number of benzene rings is 1. The minimum Gasteiger partial charge on any atom is -0.306 e. The van der Waals surface area contributed by atoms with Crippen LogP contribution in [0.3, 0.4) is 0 Å². The van der Waals surface area contributed by atoms with Crippen LogP contribution >= 0.6 is 49.9 Å². The largest absolute Gasteiger partial charge is 0.306 e. The molecular weight excluding hydrogens is 421 g/mol. The monoisotopic (exact) mass is 435 g/mol. The summed E-state index contributed by atoms with van der Waals surface area (Å²) in [7, 11) is 0. The van der Waals surface area contributed by atoms with Crippen molar-refractivity contribution in [2.45, 2.75) is 19.9 Å². The topological polar surface area (TPSA) is 12.0 Å². The molecule has 0 aliphatic heterocycles. The summed E-state index contributed by atoms with van der Waals surface area (Å²) < 4.78 is 2.50. The summed E-state index contributed by atoms with van der Waals surface area (Å²) in [4.78, 5) is 1.36. The maximum Gasteiger partial charge on any atom is 0.0731 e. The van der Waals surface area contributed by atoms with E-state index in [4.69, 9.17) is 0 Å². The lowest BCUT2D eigenvalue weighted by Gasteiger charge is -2.17. The van der Waals surface area contributed by atoms with Gasteiger partial charge in [-0.1, -0.05) is 19.1 Å². The van der Waals surface area contributed by atoms with Crippen molar-refractivity contribution in [2.24, 2.45) is 0 Å². The fourth-order valence-corrected chi connectivity index (χ4v) is 3.90. The molecular formula is C14H15BrINS. The van der Waals surface area contributed by atoms with Crippen molar-refractivity contribution in [3.8, 4) is 0 Å². The third-order valence-corrected chi connectivity index (χ3v) is 5.69. The Morgan fingerprint density at radius 1 is 1.33 bits per heavy atom. The quantitative estimate of drug-likeness (QED) is 0.657. The van der Waals surface area contributed by atoms with Crippen LogP contribution in [-0.2, 0) is 0 Å². The maximum absolute atomic E-state index is 3.61. The Labute approximate surface area is 134 Å². The first-order valence-electron chi connectivity index (χ1n) is 5.86. The van der Waals surface area contributed by atoms with E-state index in [1.54, 1.807) is 0 Å². The minimum absolute atomic E-state index is 0.294. The van der Waals surface area contributed by atoms with Gasteiger partial charge in [-0.2, -0.15) is 0 Å². The number of thiophene rings is 1. The molecule has 2 aromatic rings. The molecule has 0 fully saturated rings. The second-order valence-electron chi connectivity index (χ2n) is 4.15. The molecule has 4 heteroatoms. The van der Waals surface area contributed by atoms with Crippen molar-refractivity contribution in [1.82, 2.24) is 5.32 Å². The lowest BCUT2D eigenvalue weighted by Crippen LogP contribution is -2.21. The van der Waals surface area contributed by atoms with E-state index in [1.807, 2.05) is 11.3 Å². The molecule has 1 heterocycles. The normalized spacial score (nSPS) is 12.7. The Balaban J connectivity index is 2.36. The van der Waals surface area contributed by atoms with Gasteiger partial charge in [0, 0.05) is 8.45 Å². The van der Waals surface area contributed by atoms with Gasteiger partial charge in [-0.25, -0.2) is 0 Å². The predicted octanol–water partition coefficient (Wildman–Crippen LogP) is 5.12. The molecule has 0 amide bonds. The standard InChI is InChI=1S/C14H15BrINS/c1-3-17-13(10-4-6-11(16)7-5-10)12-8-9(2)14(15)18-12/h4-8,13,17H,3H2,1-2H3. The summed E-state index contributed by atoms with van der Waals surface area (Å²) in [5.41, 5.74) is 2.63. The van der Waals surface area contributed by atoms with Crippen molar-refractivity contribution in [3.63, 3.8) is 0 Å². The van der Waals surface area contributed by atoms with Crippen molar-refractivity contribution in [2.75, 3.05) is 6.54 Å². The summed E-state index contributed by atoms with van der Waals surface area (Å²) in [6, 6.07) is 11.3. The number of nitrogens with one attached hydrogen (secondary N) is 1. The molecule has 0 spiro atoms. The summed E-state index contributed by atoms with van der Waals surface area (Å²) >= 11 is 7.76. The van der Waals surface area contributed by atoms with E-state index < -0.39 is 0 Å². The average molecular weight is 436 g/mol. The SMILES string of the molecule is CCNC(c1ccc(I)cc1)c1cc(C)c(Br)s1. The van der Waals surface area contributed by atoms with Crippen LogP contribution in [0.5, 0.6) is 0 Å². The van der Waals surface area contributed by atoms with Gasteiger partial charge in [-0.15, -0.1) is 11.3 Å². The van der Waals surface area contributed by atoms with Gasteiger partial charge >= 0.3 is 0 Å². The zero-order valence-corrected chi connectivity index (χ0v) is 14.9. The fourth-order valence-electron chi connectivity index (χ4n) is 1.87. The van der Waals surface area contributed by atoms with Crippen LogP contribution in [0.4, 0.5) is 0 Å². The van der Waals surface area contributed by atoms with Crippen LogP contribution in [0.25, 0.3) is 0 Å². The van der Waals surface area contributed by atoms with E-state index in [9.17, 15) is 0 Å². The second-order valence-corrected chi connectivity index (χ2v) is 7.80. The highest BCUT2D eigenvalue weighted by Gasteiger charge is 2.16. The highest BCUT2D eigenvalue weighted by Crippen LogP contribution is 2.34. The van der Waals surface area contributed by atoms with Gasteiger partial charge in [-0.05, 0) is 81.3 Å². The Morgan fingerprint density at radius 3 is 2.50 bits per heavy atom. The zero-order valence-electron chi connectivity index (χ0n) is 10.3. The molecule has 0 saturated heterocycles. The van der Waals surface area contributed by atoms with Crippen molar-refractivity contribution in [1.29, 1.82) is 0 Å². The lowest BCUT2D eigenvalue weighted by molar-refractivity contribution is 0.639. The average Bonchev–Trinajstić information content (AvgIpc) is 2.68. The number of hydrogen-bond donors (Lipinski definition) is 1. The highest BCUT2D eigenvalue weighted by molar-refractivity contribution is 14.1. The molecule has 1 aromatic carbocycles. The molecule has 1 atom stereocenters. The zero-order chi connectivity index (χ0) is 13.1. The molecule has 0 aliphatic carbocycles. The molecule has 2 rings (SSSR count). The molecule has 0 bridgehead atoms. The van der Waals surface area contributed by atoms with Crippen LogP contribution < -0.4 is 5.32 Å². The number of rotatable bonds is 4. The highest BCUT2D eigenvalue weighted by atomic mass is 127. The summed E-state index contributed by atoms with van der Waals surface area (Å²) in [5, 5.41) is 3.56. The van der Waals surface area contributed by atoms with Crippen LogP contribution in [-0.4, -0.2) is 6.54 Å².